The Balaban J connectivity index is 1.86. The van der Waals surface area contributed by atoms with E-state index in [1.54, 1.807) is 11.8 Å². The van der Waals surface area contributed by atoms with Crippen LogP contribution in [0.2, 0.25) is 0 Å². The largest absolute Gasteiger partial charge is 0.359 e. The Kier molecular flexibility index (Phi) is 5.13. The summed E-state index contributed by atoms with van der Waals surface area (Å²) in [6, 6.07) is 0. The monoisotopic (exact) mass is 283 g/mol. The predicted octanol–water partition coefficient (Wildman–Crippen LogP) is 2.25. The van der Waals surface area contributed by atoms with Gasteiger partial charge in [-0.3, -0.25) is 9.79 Å². The van der Waals surface area contributed by atoms with Gasteiger partial charge in [-0.25, -0.2) is 0 Å². The van der Waals surface area contributed by atoms with E-state index in [1.165, 1.54) is 32.1 Å². The van der Waals surface area contributed by atoms with E-state index in [9.17, 15) is 4.79 Å². The van der Waals surface area contributed by atoms with Crippen molar-refractivity contribution in [3.05, 3.63) is 0 Å². The molecule has 0 aromatic heterocycles. The van der Waals surface area contributed by atoms with E-state index in [2.05, 4.69) is 10.3 Å². The van der Waals surface area contributed by atoms with Crippen LogP contribution in [0.3, 0.4) is 0 Å². The number of thioether (sulfide) groups is 1. The summed E-state index contributed by atoms with van der Waals surface area (Å²) >= 11 is 1.78. The predicted molar refractivity (Wildman–Crippen MR) is 81.6 cm³/mol. The molecule has 0 atom stereocenters. The summed E-state index contributed by atoms with van der Waals surface area (Å²) in [6.45, 7) is 5.84. The molecule has 1 N–H and O–H groups in total. The van der Waals surface area contributed by atoms with Crippen LogP contribution in [0.1, 0.15) is 46.0 Å². The van der Waals surface area contributed by atoms with Crippen LogP contribution >= 0.6 is 11.8 Å². The van der Waals surface area contributed by atoms with Crippen molar-refractivity contribution in [2.45, 2.75) is 51.5 Å². The smallest absolute Gasteiger partial charge is 0.244 e. The molecule has 1 aliphatic heterocycles. The average Bonchev–Trinajstić information content (AvgIpc) is 2.82. The van der Waals surface area contributed by atoms with Crippen LogP contribution in [0, 0.1) is 0 Å². The number of carbonyl (C=O) groups is 1. The van der Waals surface area contributed by atoms with Gasteiger partial charge in [-0.1, -0.05) is 31.0 Å². The Morgan fingerprint density at radius 2 is 2.00 bits per heavy atom. The van der Waals surface area contributed by atoms with Gasteiger partial charge < -0.3 is 10.2 Å². The first kappa shape index (κ1) is 14.7. The lowest BCUT2D eigenvalue weighted by molar-refractivity contribution is -0.129. The van der Waals surface area contributed by atoms with E-state index >= 15 is 0 Å². The second kappa shape index (κ2) is 6.64. The highest BCUT2D eigenvalue weighted by atomic mass is 32.2. The summed E-state index contributed by atoms with van der Waals surface area (Å²) < 4.78 is 0. The summed E-state index contributed by atoms with van der Waals surface area (Å²) in [5, 5.41) is 4.55. The molecule has 2 aliphatic rings. The first-order valence-electron chi connectivity index (χ1n) is 7.42. The number of amides is 1. The summed E-state index contributed by atoms with van der Waals surface area (Å²) in [4.78, 5) is 18.2. The highest BCUT2D eigenvalue weighted by Crippen LogP contribution is 2.36. The van der Waals surface area contributed by atoms with E-state index in [0.717, 1.165) is 24.0 Å². The van der Waals surface area contributed by atoms with E-state index in [1.807, 2.05) is 18.7 Å². The van der Waals surface area contributed by atoms with Crippen LogP contribution in [0.25, 0.3) is 0 Å². The van der Waals surface area contributed by atoms with Gasteiger partial charge in [0.15, 0.2) is 5.17 Å². The van der Waals surface area contributed by atoms with E-state index in [-0.39, 0.29) is 18.0 Å². The van der Waals surface area contributed by atoms with Crippen LogP contribution < -0.4 is 5.32 Å². The average molecular weight is 283 g/mol. The first-order valence-corrected chi connectivity index (χ1v) is 8.41. The summed E-state index contributed by atoms with van der Waals surface area (Å²) in [5.41, 5.74) is 0.278. The molecule has 0 aromatic rings. The maximum atomic E-state index is 11.9. The van der Waals surface area contributed by atoms with Crippen LogP contribution in [-0.2, 0) is 4.79 Å². The number of likely N-dealkylation sites (N-methyl/N-ethyl adjacent to an activating group) is 1. The van der Waals surface area contributed by atoms with Crippen molar-refractivity contribution in [3.8, 4) is 0 Å². The number of aliphatic imine (C=N–C) groups is 1. The molecule has 1 saturated carbocycles. The van der Waals surface area contributed by atoms with Crippen LogP contribution in [0.4, 0.5) is 0 Å². The number of rotatable bonds is 4. The fourth-order valence-corrected chi connectivity index (χ4v) is 4.12. The van der Waals surface area contributed by atoms with Gasteiger partial charge in [-0.15, -0.1) is 0 Å². The third-order valence-electron chi connectivity index (χ3n) is 4.14. The Morgan fingerprint density at radius 1 is 1.32 bits per heavy atom. The van der Waals surface area contributed by atoms with Crippen LogP contribution in [0.15, 0.2) is 4.99 Å². The van der Waals surface area contributed by atoms with Crippen molar-refractivity contribution in [1.82, 2.24) is 10.2 Å². The zero-order chi connectivity index (χ0) is 13.7. The molecule has 2 fully saturated rings. The molecule has 0 aromatic carbocycles. The quantitative estimate of drug-likeness (QED) is 0.860. The van der Waals surface area contributed by atoms with Gasteiger partial charge in [0.25, 0.3) is 0 Å². The Morgan fingerprint density at radius 3 is 2.63 bits per heavy atom. The second-order valence-electron chi connectivity index (χ2n) is 5.44. The SMILES string of the molecule is CCN(CC)C(=O)CN=C1NC2(CCCCC2)CS1. The number of nitrogens with one attached hydrogen (secondary N) is 1. The van der Waals surface area contributed by atoms with Gasteiger partial charge in [0, 0.05) is 24.4 Å². The van der Waals surface area contributed by atoms with Gasteiger partial charge in [0.2, 0.25) is 5.91 Å². The minimum absolute atomic E-state index is 0.129. The molecule has 2 rings (SSSR count). The van der Waals surface area contributed by atoms with Crippen molar-refractivity contribution in [2.24, 2.45) is 4.99 Å². The Hall–Kier alpha value is -0.710. The number of carbonyl (C=O) groups excluding carboxylic acids is 1. The zero-order valence-electron chi connectivity index (χ0n) is 12.1. The molecule has 1 heterocycles. The van der Waals surface area contributed by atoms with Crippen molar-refractivity contribution in [1.29, 1.82) is 0 Å². The topological polar surface area (TPSA) is 44.7 Å². The molecular weight excluding hydrogens is 258 g/mol. The van der Waals surface area contributed by atoms with Gasteiger partial charge in [-0.2, -0.15) is 0 Å². The first-order chi connectivity index (χ1) is 9.19. The van der Waals surface area contributed by atoms with Crippen molar-refractivity contribution in [2.75, 3.05) is 25.4 Å². The molecule has 1 aliphatic carbocycles. The Labute approximate surface area is 120 Å². The lowest BCUT2D eigenvalue weighted by Crippen LogP contribution is -2.45. The Bertz CT molecular complexity index is 347. The summed E-state index contributed by atoms with van der Waals surface area (Å²) in [6.07, 6.45) is 6.51. The van der Waals surface area contributed by atoms with Crippen LogP contribution in [-0.4, -0.2) is 46.9 Å². The van der Waals surface area contributed by atoms with Gasteiger partial charge in [0.05, 0.1) is 0 Å². The number of hydrogen-bond donors (Lipinski definition) is 1. The molecule has 1 saturated heterocycles. The van der Waals surface area contributed by atoms with Crippen molar-refractivity contribution >= 4 is 22.8 Å². The lowest BCUT2D eigenvalue weighted by Gasteiger charge is -2.32. The van der Waals surface area contributed by atoms with E-state index in [0.29, 0.717) is 0 Å². The minimum atomic E-state index is 0.129. The maximum absolute atomic E-state index is 11.9. The van der Waals surface area contributed by atoms with E-state index < -0.39 is 0 Å². The fourth-order valence-electron chi connectivity index (χ4n) is 2.90. The molecule has 5 heteroatoms. The standard InChI is InChI=1S/C14H25N3OS/c1-3-17(4-2)12(18)10-15-13-16-14(11-19-13)8-6-5-7-9-14/h3-11H2,1-2H3,(H,15,16). The molecule has 0 unspecified atom stereocenters. The third-order valence-corrected chi connectivity index (χ3v) is 5.34. The molecular formula is C14H25N3OS. The highest BCUT2D eigenvalue weighted by molar-refractivity contribution is 8.14. The van der Waals surface area contributed by atoms with Crippen LogP contribution in [0.5, 0.6) is 0 Å². The number of amidine groups is 1. The molecule has 4 nitrogen and oxygen atoms in total. The van der Waals surface area contributed by atoms with Crippen molar-refractivity contribution < 1.29 is 4.79 Å². The molecule has 1 amide bonds. The lowest BCUT2D eigenvalue weighted by atomic mass is 9.83. The summed E-state index contributed by atoms with van der Waals surface area (Å²) in [7, 11) is 0. The second-order valence-corrected chi connectivity index (χ2v) is 6.41. The molecule has 1 spiro atoms. The summed E-state index contributed by atoms with van der Waals surface area (Å²) in [5.74, 6) is 1.25. The maximum Gasteiger partial charge on any atom is 0.244 e. The number of nitrogens with zero attached hydrogens (tertiary/aromatic N) is 2. The normalized spacial score (nSPS) is 23.6. The number of hydrogen-bond acceptors (Lipinski definition) is 3. The molecule has 108 valence electrons. The molecule has 19 heavy (non-hydrogen) atoms. The van der Waals surface area contributed by atoms with E-state index in [4.69, 9.17) is 0 Å². The highest BCUT2D eigenvalue weighted by Gasteiger charge is 2.38. The van der Waals surface area contributed by atoms with Crippen molar-refractivity contribution in [3.63, 3.8) is 0 Å². The fraction of sp³-hybridized carbons (Fsp3) is 0.857. The van der Waals surface area contributed by atoms with Gasteiger partial charge in [-0.05, 0) is 26.7 Å². The van der Waals surface area contributed by atoms with Gasteiger partial charge >= 0.3 is 0 Å². The molecule has 0 bridgehead atoms. The van der Waals surface area contributed by atoms with Gasteiger partial charge in [0.1, 0.15) is 6.54 Å². The third kappa shape index (κ3) is 3.65. The molecule has 0 radical (unpaired) electrons. The zero-order valence-corrected chi connectivity index (χ0v) is 12.9. The minimum Gasteiger partial charge on any atom is -0.359 e.